The van der Waals surface area contributed by atoms with Crippen molar-refractivity contribution < 1.29 is 9.90 Å². The van der Waals surface area contributed by atoms with Gasteiger partial charge in [-0.05, 0) is 110 Å². The zero-order valence-corrected chi connectivity index (χ0v) is 23.5. The van der Waals surface area contributed by atoms with Gasteiger partial charge in [0.1, 0.15) is 4.32 Å². The van der Waals surface area contributed by atoms with E-state index in [4.69, 9.17) is 28.9 Å². The fourth-order valence-corrected chi connectivity index (χ4v) is 10.0. The van der Waals surface area contributed by atoms with E-state index in [0.717, 1.165) is 62.2 Å². The molecule has 4 bridgehead atoms. The summed E-state index contributed by atoms with van der Waals surface area (Å²) in [6.45, 7) is 0.241. The molecule has 5 fully saturated rings. The van der Waals surface area contributed by atoms with Crippen LogP contribution >= 0.6 is 46.9 Å². The summed E-state index contributed by atoms with van der Waals surface area (Å²) in [5, 5.41) is 9.88. The van der Waals surface area contributed by atoms with E-state index in [2.05, 4.69) is 24.3 Å². The van der Waals surface area contributed by atoms with Crippen LogP contribution in [0.4, 0.5) is 0 Å². The lowest BCUT2D eigenvalue weighted by Gasteiger charge is -2.56. The van der Waals surface area contributed by atoms with Crippen LogP contribution in [0.5, 0.6) is 0 Å². The lowest BCUT2D eigenvalue weighted by Crippen LogP contribution is -2.57. The first-order chi connectivity index (χ1) is 17.5. The molecule has 7 rings (SSSR count). The Hall–Kier alpha value is -1.18. The molecule has 190 valence electrons. The number of thiocarbonyl (C=S) groups is 1. The predicted molar refractivity (Wildman–Crippen MR) is 155 cm³/mol. The Morgan fingerprint density at radius 3 is 2.39 bits per heavy atom. The van der Waals surface area contributed by atoms with E-state index in [9.17, 15) is 4.79 Å². The number of thioether (sulfide) groups is 1. The second kappa shape index (κ2) is 10.5. The van der Waals surface area contributed by atoms with Crippen LogP contribution in [-0.4, -0.2) is 32.9 Å². The number of carbonyl (C=O) groups excluding carboxylic acids is 1. The summed E-state index contributed by atoms with van der Waals surface area (Å²) in [5.41, 5.74) is 2.45. The van der Waals surface area contributed by atoms with Crippen molar-refractivity contribution >= 4 is 63.2 Å². The lowest BCUT2D eigenvalue weighted by atomic mass is 9.54. The molecule has 0 unspecified atom stereocenters. The average Bonchev–Trinajstić information content (AvgIpc) is 3.37. The number of amides is 1. The van der Waals surface area contributed by atoms with Crippen molar-refractivity contribution in [3.8, 4) is 10.4 Å². The van der Waals surface area contributed by atoms with Gasteiger partial charge in [0.05, 0.1) is 4.91 Å². The normalized spacial score (nSPS) is 30.2. The number of aryl methyl sites for hydroxylation is 1. The van der Waals surface area contributed by atoms with Gasteiger partial charge in [-0.15, -0.1) is 11.3 Å². The molecule has 1 saturated heterocycles. The fraction of sp³-hybridized carbons (Fsp3) is 0.517. The van der Waals surface area contributed by atoms with E-state index in [1.54, 1.807) is 11.3 Å². The van der Waals surface area contributed by atoms with Crippen LogP contribution < -0.4 is 0 Å². The van der Waals surface area contributed by atoms with Crippen molar-refractivity contribution in [1.82, 2.24) is 4.90 Å². The van der Waals surface area contributed by atoms with Gasteiger partial charge in [-0.2, -0.15) is 0 Å². The Morgan fingerprint density at radius 1 is 1.03 bits per heavy atom. The van der Waals surface area contributed by atoms with Gasteiger partial charge >= 0.3 is 0 Å². The number of halogens is 1. The molecular weight excluding hydrogens is 526 g/mol. The Balaban J connectivity index is 1.26. The molecule has 4 saturated carbocycles. The molecule has 1 amide bonds. The third kappa shape index (κ3) is 4.84. The van der Waals surface area contributed by atoms with Crippen LogP contribution in [0.25, 0.3) is 16.5 Å². The number of nitrogens with zero attached hydrogens (tertiary/aromatic N) is 1. The standard InChI is InChI=1S/C29H32ClNO2S3/c30-23-7-5-19(6-8-23)27-20(4-2-1-3-9-32)15-24(35-27)16-25-28(33)31(29(34)36-25)26-21-11-17-10-18(13-21)14-22(26)12-17/h5-8,15-18,21-22,26,32H,1-4,9-14H2. The maximum Gasteiger partial charge on any atom is 0.266 e. The maximum absolute atomic E-state index is 13.7. The minimum Gasteiger partial charge on any atom is -0.396 e. The Kier molecular flexibility index (Phi) is 7.35. The number of thiophene rings is 1. The Bertz CT molecular complexity index is 1160. The highest BCUT2D eigenvalue weighted by atomic mass is 35.5. The molecule has 2 aromatic rings. The zero-order valence-electron chi connectivity index (χ0n) is 20.3. The molecule has 1 aromatic carbocycles. The quantitative estimate of drug-likeness (QED) is 0.204. The highest BCUT2D eigenvalue weighted by Crippen LogP contribution is 2.56. The van der Waals surface area contributed by atoms with Gasteiger partial charge in [-0.25, -0.2) is 0 Å². The summed E-state index contributed by atoms with van der Waals surface area (Å²) in [6.07, 6.45) is 12.4. The van der Waals surface area contributed by atoms with E-state index >= 15 is 0 Å². The molecule has 1 N–H and O–H groups in total. The van der Waals surface area contributed by atoms with Crippen molar-refractivity contribution in [3.63, 3.8) is 0 Å². The summed E-state index contributed by atoms with van der Waals surface area (Å²) in [7, 11) is 0. The van der Waals surface area contributed by atoms with Gasteiger partial charge in [0, 0.05) is 27.4 Å². The number of hydrogen-bond acceptors (Lipinski definition) is 5. The summed E-state index contributed by atoms with van der Waals surface area (Å²) >= 11 is 15.2. The Morgan fingerprint density at radius 2 is 1.72 bits per heavy atom. The van der Waals surface area contributed by atoms with Crippen LogP contribution in [0, 0.1) is 23.7 Å². The van der Waals surface area contributed by atoms with Gasteiger partial charge in [-0.3, -0.25) is 9.69 Å². The first kappa shape index (κ1) is 25.1. The fourth-order valence-electron chi connectivity index (χ4n) is 7.34. The van der Waals surface area contributed by atoms with E-state index in [0.29, 0.717) is 17.9 Å². The number of benzene rings is 1. The molecule has 36 heavy (non-hydrogen) atoms. The van der Waals surface area contributed by atoms with Crippen molar-refractivity contribution in [2.45, 2.75) is 63.8 Å². The third-order valence-corrected chi connectivity index (χ3v) is 11.4. The molecular formula is C29H32ClNO2S3. The SMILES string of the molecule is O=C1C(=Cc2cc(CCCCCO)c(-c3ccc(Cl)cc3)s2)SC(=S)N1C1C2CC3CC(C2)CC1C3. The minimum absolute atomic E-state index is 0.119. The average molecular weight is 558 g/mol. The van der Waals surface area contributed by atoms with Gasteiger partial charge < -0.3 is 5.11 Å². The largest absolute Gasteiger partial charge is 0.396 e. The highest BCUT2D eigenvalue weighted by Gasteiger charge is 2.53. The van der Waals surface area contributed by atoms with Crippen LogP contribution in [0.3, 0.4) is 0 Å². The van der Waals surface area contributed by atoms with E-state index in [1.807, 2.05) is 17.0 Å². The number of rotatable bonds is 8. The van der Waals surface area contributed by atoms with Crippen molar-refractivity contribution in [1.29, 1.82) is 0 Å². The number of aliphatic hydroxyl groups excluding tert-OH is 1. The third-order valence-electron chi connectivity index (χ3n) is 8.61. The van der Waals surface area contributed by atoms with E-state index in [-0.39, 0.29) is 12.5 Å². The van der Waals surface area contributed by atoms with Gasteiger partial charge in [0.25, 0.3) is 5.91 Å². The van der Waals surface area contributed by atoms with Crippen LogP contribution in [0.15, 0.2) is 35.2 Å². The first-order valence-corrected chi connectivity index (χ1v) is 15.7. The summed E-state index contributed by atoms with van der Waals surface area (Å²) in [6, 6.07) is 10.6. The molecule has 0 spiro atoms. The summed E-state index contributed by atoms with van der Waals surface area (Å²) in [4.78, 5) is 18.8. The highest BCUT2D eigenvalue weighted by molar-refractivity contribution is 8.26. The molecule has 0 atom stereocenters. The lowest BCUT2D eigenvalue weighted by molar-refractivity contribution is -0.130. The van der Waals surface area contributed by atoms with Crippen LogP contribution in [0.1, 0.15) is 61.8 Å². The molecule has 0 radical (unpaired) electrons. The second-order valence-corrected chi connectivity index (χ2v) is 14.2. The van der Waals surface area contributed by atoms with E-state index in [1.165, 1.54) is 54.3 Å². The Labute approximate surface area is 232 Å². The topological polar surface area (TPSA) is 40.5 Å². The summed E-state index contributed by atoms with van der Waals surface area (Å²) in [5.74, 6) is 3.14. The molecule has 3 nitrogen and oxygen atoms in total. The van der Waals surface area contributed by atoms with Gasteiger partial charge in [0.15, 0.2) is 0 Å². The second-order valence-electron chi connectivity index (χ2n) is 11.0. The number of carbonyl (C=O) groups is 1. The number of unbranched alkanes of at least 4 members (excludes halogenated alkanes) is 2. The van der Waals surface area contributed by atoms with Crippen molar-refractivity contribution in [2.24, 2.45) is 23.7 Å². The zero-order chi connectivity index (χ0) is 24.8. The predicted octanol–water partition coefficient (Wildman–Crippen LogP) is 7.80. The number of hydrogen-bond donors (Lipinski definition) is 1. The molecule has 2 heterocycles. The summed E-state index contributed by atoms with van der Waals surface area (Å²) < 4.78 is 0.752. The number of aliphatic hydroxyl groups is 1. The molecule has 4 aliphatic carbocycles. The molecule has 1 aromatic heterocycles. The van der Waals surface area contributed by atoms with E-state index < -0.39 is 0 Å². The van der Waals surface area contributed by atoms with Gasteiger partial charge in [-0.1, -0.05) is 54.1 Å². The maximum atomic E-state index is 13.7. The van der Waals surface area contributed by atoms with Crippen molar-refractivity contribution in [2.75, 3.05) is 6.61 Å². The van der Waals surface area contributed by atoms with Crippen LogP contribution in [-0.2, 0) is 11.2 Å². The minimum atomic E-state index is 0.119. The van der Waals surface area contributed by atoms with Gasteiger partial charge in [0.2, 0.25) is 0 Å². The van der Waals surface area contributed by atoms with Crippen LogP contribution in [0.2, 0.25) is 5.02 Å². The van der Waals surface area contributed by atoms with Crippen molar-refractivity contribution in [3.05, 3.63) is 50.7 Å². The smallest absolute Gasteiger partial charge is 0.266 e. The molecule has 5 aliphatic rings. The molecule has 7 heteroatoms. The first-order valence-electron chi connectivity index (χ1n) is 13.3. The molecule has 1 aliphatic heterocycles. The monoisotopic (exact) mass is 557 g/mol.